The molecule has 35 heavy (non-hydrogen) atoms. The molecular weight excluding hydrogens is 496 g/mol. The monoisotopic (exact) mass is 527 g/mol. The highest BCUT2D eigenvalue weighted by Gasteiger charge is 2.29. The topological polar surface area (TPSA) is 183 Å². The third kappa shape index (κ3) is 8.65. The molecule has 1 heterocycles. The zero-order valence-electron chi connectivity index (χ0n) is 19.2. The van der Waals surface area contributed by atoms with E-state index in [0.717, 1.165) is 11.1 Å². The van der Waals surface area contributed by atoms with Gasteiger partial charge in [0.05, 0.1) is 31.4 Å². The molecule has 0 saturated heterocycles. The lowest BCUT2D eigenvalue weighted by Gasteiger charge is -2.19. The number of ether oxygens (including phenoxy) is 1. The zero-order valence-corrected chi connectivity index (χ0v) is 21.0. The molecule has 11 nitrogen and oxygen atoms in total. The van der Waals surface area contributed by atoms with Crippen LogP contribution in [0.15, 0.2) is 36.4 Å². The van der Waals surface area contributed by atoms with Crippen LogP contribution in [0.25, 0.3) is 0 Å². The van der Waals surface area contributed by atoms with E-state index in [0.29, 0.717) is 61.8 Å². The molecule has 0 unspecified atom stereocenters. The number of nitrogens with zero attached hydrogens (tertiary/aromatic N) is 1. The Kier molecular flexibility index (Phi) is 8.99. The maximum atomic E-state index is 12.7. The lowest BCUT2D eigenvalue weighted by molar-refractivity contribution is -0.117. The second-order valence-electron chi connectivity index (χ2n) is 8.48. The average Bonchev–Trinajstić information content (AvgIpc) is 3.07. The van der Waals surface area contributed by atoms with Crippen molar-refractivity contribution in [1.82, 2.24) is 0 Å². The van der Waals surface area contributed by atoms with Gasteiger partial charge < -0.3 is 40.3 Å². The number of benzene rings is 2. The Morgan fingerprint density at radius 1 is 0.971 bits per heavy atom. The normalized spacial score (nSPS) is 13.7. The van der Waals surface area contributed by atoms with Crippen LogP contribution < -0.4 is 20.7 Å². The van der Waals surface area contributed by atoms with Crippen molar-refractivity contribution >= 4 is 38.2 Å². The molecule has 0 atom stereocenters. The Morgan fingerprint density at radius 3 is 2.29 bits per heavy atom. The van der Waals surface area contributed by atoms with Crippen molar-refractivity contribution in [2.45, 2.75) is 32.2 Å². The molecule has 13 heteroatoms. The smallest absolute Gasteiger partial charge is 0.325 e. The summed E-state index contributed by atoms with van der Waals surface area (Å²) in [7, 11) is -8.02. The number of hydrogen-bond acceptors (Lipinski definition) is 6. The molecule has 3 rings (SSSR count). The Hall–Kier alpha value is -2.39. The van der Waals surface area contributed by atoms with E-state index < -0.39 is 15.2 Å². The minimum Gasteiger partial charge on any atom is -0.494 e. The molecule has 2 aromatic carbocycles. The van der Waals surface area contributed by atoms with Crippen molar-refractivity contribution in [3.63, 3.8) is 0 Å². The molecule has 1 amide bonds. The van der Waals surface area contributed by atoms with E-state index in [4.69, 9.17) is 30.0 Å². The molecule has 0 spiro atoms. The van der Waals surface area contributed by atoms with Gasteiger partial charge in [0.2, 0.25) is 5.91 Å². The van der Waals surface area contributed by atoms with Crippen LogP contribution in [0.3, 0.4) is 0 Å². The van der Waals surface area contributed by atoms with E-state index in [-0.39, 0.29) is 24.7 Å². The molecular formula is C22H31N3O8P2. The highest BCUT2D eigenvalue weighted by Crippen LogP contribution is 2.38. The van der Waals surface area contributed by atoms with E-state index in [1.54, 1.807) is 23.1 Å². The number of unbranched alkanes of at least 4 members (excludes halogenated alkanes) is 1. The first-order valence-corrected chi connectivity index (χ1v) is 14.8. The second kappa shape index (κ2) is 11.6. The molecule has 0 fully saturated rings. The van der Waals surface area contributed by atoms with Gasteiger partial charge >= 0.3 is 15.2 Å². The van der Waals surface area contributed by atoms with Crippen LogP contribution in [0.4, 0.5) is 17.1 Å². The number of nitrogens with two attached hydrogens (primary N) is 1. The number of fused-ring (bicyclic) bond motifs is 1. The fourth-order valence-corrected chi connectivity index (χ4v) is 4.98. The van der Waals surface area contributed by atoms with Gasteiger partial charge in [-0.1, -0.05) is 12.1 Å². The van der Waals surface area contributed by atoms with E-state index in [1.165, 1.54) is 0 Å². The van der Waals surface area contributed by atoms with Crippen LogP contribution in [-0.2, 0) is 26.9 Å². The molecule has 2 aromatic rings. The number of carbonyl (C=O) groups is 1. The summed E-state index contributed by atoms with van der Waals surface area (Å²) in [6, 6.07) is 10.8. The summed E-state index contributed by atoms with van der Waals surface area (Å²) >= 11 is 0. The van der Waals surface area contributed by atoms with Crippen molar-refractivity contribution in [3.05, 3.63) is 47.5 Å². The third-order valence-electron chi connectivity index (χ3n) is 5.51. The predicted molar refractivity (Wildman–Crippen MR) is 134 cm³/mol. The largest absolute Gasteiger partial charge is 0.494 e. The van der Waals surface area contributed by atoms with Crippen LogP contribution in [0.1, 0.15) is 30.4 Å². The Balaban J connectivity index is 1.58. The lowest BCUT2D eigenvalue weighted by atomic mass is 10.1. The van der Waals surface area contributed by atoms with Gasteiger partial charge in [0.25, 0.3) is 0 Å². The number of amides is 1. The number of nitrogen functional groups attached to an aromatic ring is 1. The Bertz CT molecular complexity index is 1130. The molecule has 1 aliphatic heterocycles. The maximum absolute atomic E-state index is 12.7. The van der Waals surface area contributed by atoms with E-state index in [1.807, 2.05) is 18.2 Å². The first-order chi connectivity index (χ1) is 16.4. The second-order valence-corrected chi connectivity index (χ2v) is 12.0. The van der Waals surface area contributed by atoms with Crippen molar-refractivity contribution in [3.8, 4) is 5.75 Å². The van der Waals surface area contributed by atoms with Crippen LogP contribution in [0.5, 0.6) is 5.75 Å². The van der Waals surface area contributed by atoms with Gasteiger partial charge in [-0.05, 0) is 49.1 Å². The van der Waals surface area contributed by atoms with Gasteiger partial charge in [-0.15, -0.1) is 0 Å². The van der Waals surface area contributed by atoms with Crippen molar-refractivity contribution in [1.29, 1.82) is 0 Å². The molecule has 0 saturated carbocycles. The molecule has 7 N–H and O–H groups in total. The summed E-state index contributed by atoms with van der Waals surface area (Å²) in [5.41, 5.74) is 9.68. The van der Waals surface area contributed by atoms with Crippen LogP contribution >= 0.6 is 15.2 Å². The SMILES string of the molecule is Nc1cc(NCCCP(=O)(O)O)cc2c1CC(=O)N2Cc1ccc(OCCCCP(=O)(O)O)cc1. The summed E-state index contributed by atoms with van der Waals surface area (Å²) in [5, 5.41) is 3.11. The number of hydrogen-bond donors (Lipinski definition) is 6. The molecule has 192 valence electrons. The fourth-order valence-electron chi connectivity index (χ4n) is 3.77. The van der Waals surface area contributed by atoms with Gasteiger partial charge in [-0.3, -0.25) is 13.9 Å². The number of carbonyl (C=O) groups excluding carboxylic acids is 1. The summed E-state index contributed by atoms with van der Waals surface area (Å²) in [4.78, 5) is 50.1. The van der Waals surface area contributed by atoms with Crippen molar-refractivity contribution in [2.75, 3.05) is 41.4 Å². The van der Waals surface area contributed by atoms with E-state index in [9.17, 15) is 13.9 Å². The van der Waals surface area contributed by atoms with Gasteiger partial charge in [0, 0.05) is 29.6 Å². The van der Waals surface area contributed by atoms with Gasteiger partial charge in [-0.2, -0.15) is 0 Å². The predicted octanol–water partition coefficient (Wildman–Crippen LogP) is 2.67. The third-order valence-corrected chi connectivity index (χ3v) is 7.31. The van der Waals surface area contributed by atoms with Crippen LogP contribution in [0.2, 0.25) is 0 Å². The van der Waals surface area contributed by atoms with Crippen LogP contribution in [-0.4, -0.2) is 51.0 Å². The Labute approximate surface area is 203 Å². The van der Waals surface area contributed by atoms with Crippen LogP contribution in [0, 0.1) is 0 Å². The fraction of sp³-hybridized carbons (Fsp3) is 0.409. The minimum atomic E-state index is -4.04. The highest BCUT2D eigenvalue weighted by atomic mass is 31.2. The molecule has 0 bridgehead atoms. The average molecular weight is 527 g/mol. The highest BCUT2D eigenvalue weighted by molar-refractivity contribution is 7.52. The first kappa shape index (κ1) is 27.2. The molecule has 1 aliphatic rings. The molecule has 0 radical (unpaired) electrons. The number of anilines is 3. The Morgan fingerprint density at radius 2 is 1.63 bits per heavy atom. The maximum Gasteiger partial charge on any atom is 0.325 e. The van der Waals surface area contributed by atoms with Gasteiger partial charge in [0.15, 0.2) is 0 Å². The van der Waals surface area contributed by atoms with Gasteiger partial charge in [0.1, 0.15) is 5.75 Å². The summed E-state index contributed by atoms with van der Waals surface area (Å²) < 4.78 is 27.5. The van der Waals surface area contributed by atoms with E-state index in [2.05, 4.69) is 5.32 Å². The summed E-state index contributed by atoms with van der Waals surface area (Å²) in [6.07, 6.45) is 1.04. The summed E-state index contributed by atoms with van der Waals surface area (Å²) in [5.74, 6) is 0.555. The van der Waals surface area contributed by atoms with E-state index >= 15 is 0 Å². The van der Waals surface area contributed by atoms with Gasteiger partial charge in [-0.25, -0.2) is 0 Å². The summed E-state index contributed by atoms with van der Waals surface area (Å²) in [6.45, 7) is 1.05. The quantitative estimate of drug-likeness (QED) is 0.129. The van der Waals surface area contributed by atoms with Crippen molar-refractivity contribution < 1.29 is 38.2 Å². The zero-order chi connectivity index (χ0) is 25.6. The molecule has 0 aliphatic carbocycles. The number of rotatable bonds is 13. The standard InChI is InChI=1S/C22H31N3O8P2/c23-20-12-17(24-8-3-11-35(30,31)32)13-21-19(20)14-22(26)25(21)15-16-4-6-18(7-5-16)33-9-1-2-10-34(27,28)29/h4-7,12-13,24H,1-3,8-11,14-15,23H2,(H2,27,28,29)(H2,30,31,32). The number of nitrogens with one attached hydrogen (secondary N) is 1. The first-order valence-electron chi connectivity index (χ1n) is 11.2. The van der Waals surface area contributed by atoms with Crippen molar-refractivity contribution in [2.24, 2.45) is 0 Å². The molecule has 0 aromatic heterocycles. The minimum absolute atomic E-state index is 0.0734. The lowest BCUT2D eigenvalue weighted by Crippen LogP contribution is -2.26.